The molecule has 0 spiro atoms. The Bertz CT molecular complexity index is 2180. The highest BCUT2D eigenvalue weighted by atomic mass is 127. The van der Waals surface area contributed by atoms with Gasteiger partial charge in [-0.25, -0.2) is 13.9 Å². The third kappa shape index (κ3) is 4.26. The van der Waals surface area contributed by atoms with Crippen LogP contribution in [0.2, 0.25) is 0 Å². The van der Waals surface area contributed by atoms with Crippen LogP contribution in [-0.4, -0.2) is 26.0 Å². The smallest absolute Gasteiger partial charge is 0.335 e. The Balaban J connectivity index is 1.77. The van der Waals surface area contributed by atoms with E-state index in [1.807, 2.05) is 45.2 Å². The van der Waals surface area contributed by atoms with Crippen molar-refractivity contribution in [2.75, 3.05) is 0 Å². The summed E-state index contributed by atoms with van der Waals surface area (Å²) in [7, 11) is 0. The first-order valence-electron chi connectivity index (χ1n) is 12.0. The molecule has 200 valence electrons. The van der Waals surface area contributed by atoms with E-state index in [1.54, 1.807) is 48.5 Å². The van der Waals surface area contributed by atoms with E-state index in [0.29, 0.717) is 0 Å². The minimum absolute atomic E-state index is 0.0217. The highest BCUT2D eigenvalue weighted by Gasteiger charge is 2.29. The van der Waals surface area contributed by atoms with Crippen molar-refractivity contribution in [3.05, 3.63) is 144 Å². The fourth-order valence-corrected chi connectivity index (χ4v) is 6.00. The maximum Gasteiger partial charge on any atom is 0.335 e. The van der Waals surface area contributed by atoms with E-state index >= 15 is 0 Å². The molecule has 0 amide bonds. The number of rotatable bonds is 5. The second-order valence-electron chi connectivity index (χ2n) is 9.16. The van der Waals surface area contributed by atoms with E-state index in [4.69, 9.17) is 0 Å². The van der Waals surface area contributed by atoms with E-state index < -0.39 is 34.0 Å². The fraction of sp³-hybridized carbons (Fsp3) is 0. The molecular weight excluding hydrogens is 754 g/mol. The van der Waals surface area contributed by atoms with Gasteiger partial charge < -0.3 is 5.11 Å². The summed E-state index contributed by atoms with van der Waals surface area (Å²) < 4.78 is 3.34. The lowest BCUT2D eigenvalue weighted by atomic mass is 9.94. The first kappa shape index (κ1) is 27.0. The summed E-state index contributed by atoms with van der Waals surface area (Å²) in [5.74, 6) is -2.00. The Hall–Kier alpha value is -4.24. The monoisotopic (exact) mass is 768 g/mol. The number of ketones is 1. The van der Waals surface area contributed by atoms with Gasteiger partial charge >= 0.3 is 5.97 Å². The lowest BCUT2D eigenvalue weighted by Gasteiger charge is -2.05. The molecule has 4 aromatic carbocycles. The van der Waals surface area contributed by atoms with Gasteiger partial charge in [0.15, 0.2) is 5.78 Å². The molecule has 0 bridgehead atoms. The average Bonchev–Trinajstić information content (AvgIpc) is 3.35. The molecule has 0 radical (unpaired) electrons. The SMILES string of the molecule is O=C(O)c1ccc(C(=O)c2c3c(=O)n(-c4cccc(I)c4)c(=O)c3cc3c(=O)n(-c4cccc(I)c4)c(=O)c23)cc1. The average molecular weight is 768 g/mol. The number of hydrogen-bond donors (Lipinski definition) is 1. The second kappa shape index (κ2) is 9.99. The maximum atomic E-state index is 14.0. The van der Waals surface area contributed by atoms with E-state index in [2.05, 4.69) is 0 Å². The number of aromatic nitrogens is 2. The van der Waals surface area contributed by atoms with Crippen LogP contribution in [0.5, 0.6) is 0 Å². The number of nitrogens with zero attached hydrogens (tertiary/aromatic N) is 2. The van der Waals surface area contributed by atoms with Gasteiger partial charge in [-0.1, -0.05) is 24.3 Å². The molecule has 0 atom stereocenters. The van der Waals surface area contributed by atoms with Crippen LogP contribution in [0.25, 0.3) is 32.9 Å². The zero-order valence-corrected chi connectivity index (χ0v) is 24.9. The largest absolute Gasteiger partial charge is 0.478 e. The van der Waals surface area contributed by atoms with Gasteiger partial charge in [0.05, 0.1) is 38.5 Å². The molecule has 2 heterocycles. The lowest BCUT2D eigenvalue weighted by molar-refractivity contribution is 0.0696. The van der Waals surface area contributed by atoms with Crippen molar-refractivity contribution in [2.24, 2.45) is 0 Å². The van der Waals surface area contributed by atoms with Crippen molar-refractivity contribution in [1.29, 1.82) is 0 Å². The van der Waals surface area contributed by atoms with Crippen molar-refractivity contribution >= 4 is 78.5 Å². The van der Waals surface area contributed by atoms with Crippen LogP contribution in [-0.2, 0) is 0 Å². The predicted octanol–water partition coefficient (Wildman–Crippen LogP) is 4.03. The summed E-state index contributed by atoms with van der Waals surface area (Å²) in [6.45, 7) is 0. The fourth-order valence-electron chi connectivity index (χ4n) is 4.95. The topological polar surface area (TPSA) is 133 Å². The van der Waals surface area contributed by atoms with Crippen molar-refractivity contribution in [3.63, 3.8) is 0 Å². The highest BCUT2D eigenvalue weighted by Crippen LogP contribution is 2.26. The van der Waals surface area contributed by atoms with Crippen molar-refractivity contribution in [2.45, 2.75) is 0 Å². The van der Waals surface area contributed by atoms with E-state index in [-0.39, 0.29) is 49.6 Å². The van der Waals surface area contributed by atoms with Crippen LogP contribution < -0.4 is 22.2 Å². The molecule has 0 aliphatic carbocycles. The Morgan fingerprint density at radius 1 is 0.585 bits per heavy atom. The third-order valence-electron chi connectivity index (χ3n) is 6.78. The van der Waals surface area contributed by atoms with E-state index in [9.17, 15) is 33.9 Å². The minimum atomic E-state index is -1.20. The maximum absolute atomic E-state index is 14.0. The van der Waals surface area contributed by atoms with Gasteiger partial charge in [0.25, 0.3) is 22.2 Å². The molecule has 0 fully saturated rings. The zero-order valence-electron chi connectivity index (χ0n) is 20.6. The van der Waals surface area contributed by atoms with Gasteiger partial charge in [-0.3, -0.25) is 24.0 Å². The number of carbonyl (C=O) groups excluding carboxylic acids is 1. The Morgan fingerprint density at radius 3 is 1.44 bits per heavy atom. The summed E-state index contributed by atoms with van der Waals surface area (Å²) in [5, 5.41) is 8.34. The van der Waals surface area contributed by atoms with Gasteiger partial charge in [0.2, 0.25) is 0 Å². The molecule has 0 aliphatic rings. The highest BCUT2D eigenvalue weighted by molar-refractivity contribution is 14.1. The quantitative estimate of drug-likeness (QED) is 0.207. The van der Waals surface area contributed by atoms with Crippen molar-refractivity contribution in [3.8, 4) is 11.4 Å². The predicted molar refractivity (Wildman–Crippen MR) is 170 cm³/mol. The summed E-state index contributed by atoms with van der Waals surface area (Å²) in [6.07, 6.45) is 0. The number of halogens is 2. The molecule has 6 rings (SSSR count). The molecule has 9 nitrogen and oxygen atoms in total. The number of aromatic carboxylic acids is 1. The van der Waals surface area contributed by atoms with Gasteiger partial charge in [0, 0.05) is 18.3 Å². The number of carboxylic acids is 1. The lowest BCUT2D eigenvalue weighted by Crippen LogP contribution is -2.25. The molecule has 1 N–H and O–H groups in total. The van der Waals surface area contributed by atoms with Crippen LogP contribution in [0.15, 0.2) is 98.0 Å². The van der Waals surface area contributed by atoms with Gasteiger partial charge in [-0.2, -0.15) is 0 Å². The molecule has 2 aromatic heterocycles. The molecule has 11 heteroatoms. The standard InChI is InChI=1S/C30H14I2N2O7/c31-16-3-1-5-18(11-16)33-26(36)20-13-21-23(29(39)34(27(21)37)19-6-2-4-17(32)12-19)24(22(20)28(33)38)25(35)14-7-9-15(10-8-14)30(40)41/h1-13H,(H,40,41). The third-order valence-corrected chi connectivity index (χ3v) is 8.12. The first-order valence-corrected chi connectivity index (χ1v) is 14.1. The number of fused-ring (bicyclic) bond motifs is 2. The summed E-state index contributed by atoms with van der Waals surface area (Å²) in [5.41, 5.74) is -3.03. The Morgan fingerprint density at radius 2 is 1.02 bits per heavy atom. The van der Waals surface area contributed by atoms with Crippen LogP contribution >= 0.6 is 45.2 Å². The van der Waals surface area contributed by atoms with Gasteiger partial charge in [-0.15, -0.1) is 0 Å². The summed E-state index contributed by atoms with van der Waals surface area (Å²) >= 11 is 4.08. The zero-order chi connectivity index (χ0) is 29.2. The number of benzene rings is 4. The van der Waals surface area contributed by atoms with E-state index in [0.717, 1.165) is 16.3 Å². The van der Waals surface area contributed by atoms with Gasteiger partial charge in [0.1, 0.15) is 0 Å². The van der Waals surface area contributed by atoms with Crippen LogP contribution in [0.3, 0.4) is 0 Å². The van der Waals surface area contributed by atoms with Gasteiger partial charge in [-0.05, 0) is 99.8 Å². The van der Waals surface area contributed by atoms with Crippen molar-refractivity contribution < 1.29 is 14.7 Å². The van der Waals surface area contributed by atoms with Crippen LogP contribution in [0, 0.1) is 7.14 Å². The van der Waals surface area contributed by atoms with Crippen molar-refractivity contribution in [1.82, 2.24) is 9.13 Å². The molecule has 0 unspecified atom stereocenters. The molecule has 0 aliphatic heterocycles. The molecular formula is C30H14I2N2O7. The Labute approximate surface area is 256 Å². The minimum Gasteiger partial charge on any atom is -0.478 e. The Kier molecular flexibility index (Phi) is 6.57. The molecule has 41 heavy (non-hydrogen) atoms. The van der Waals surface area contributed by atoms with Crippen LogP contribution in [0.4, 0.5) is 0 Å². The molecule has 0 saturated heterocycles. The number of hydrogen-bond acceptors (Lipinski definition) is 6. The number of carbonyl (C=O) groups is 2. The molecule has 6 aromatic rings. The normalized spacial score (nSPS) is 11.4. The summed E-state index contributed by atoms with van der Waals surface area (Å²) in [6, 6.07) is 19.4. The van der Waals surface area contributed by atoms with E-state index in [1.165, 1.54) is 30.3 Å². The van der Waals surface area contributed by atoms with Crippen LogP contribution in [0.1, 0.15) is 26.3 Å². The second-order valence-corrected chi connectivity index (χ2v) is 11.7. The number of carboxylic acid groups (broad SMARTS) is 1. The summed E-state index contributed by atoms with van der Waals surface area (Å²) in [4.78, 5) is 80.4. The first-order chi connectivity index (χ1) is 19.6. The molecule has 0 saturated carbocycles.